The van der Waals surface area contributed by atoms with E-state index in [4.69, 9.17) is 19.7 Å². The number of aromatic nitrogens is 1. The second-order valence-electron chi connectivity index (χ2n) is 8.00. The Balaban J connectivity index is 1.51. The molecule has 4 heterocycles. The molecule has 2 saturated heterocycles. The van der Waals surface area contributed by atoms with Gasteiger partial charge in [0.1, 0.15) is 16.8 Å². The minimum absolute atomic E-state index is 0.110. The van der Waals surface area contributed by atoms with Gasteiger partial charge in [0, 0.05) is 25.7 Å². The Morgan fingerprint density at radius 2 is 2.07 bits per heavy atom. The molecule has 8 nitrogen and oxygen atoms in total. The summed E-state index contributed by atoms with van der Waals surface area (Å²) in [4.78, 5) is 29.9. The molecule has 0 spiro atoms. The van der Waals surface area contributed by atoms with Crippen LogP contribution in [0.15, 0.2) is 34.3 Å². The minimum Gasteiger partial charge on any atom is -0.378 e. The van der Waals surface area contributed by atoms with E-state index in [0.29, 0.717) is 44.1 Å². The number of hydrogen-bond donors (Lipinski definition) is 2. The normalized spacial score (nSPS) is 29.2. The Morgan fingerprint density at radius 1 is 1.23 bits per heavy atom. The van der Waals surface area contributed by atoms with E-state index in [1.165, 1.54) is 11.3 Å². The standard InChI is InChI=1S/C21H26N6O2S/c1-13-6-7-14(12-22-13)23-18-17(20-24-15-4-2-3-5-16(15)30-20)19(28)26-21(25-18)27-8-10-29-11-9-27/h2-5,13-14,17,22H,6-12H2,1H3,(H,23,25,26,28)/t13-,14-,17?/m1/s1. The van der Waals surface area contributed by atoms with Gasteiger partial charge in [-0.1, -0.05) is 12.1 Å². The molecule has 2 N–H and O–H groups in total. The molecule has 30 heavy (non-hydrogen) atoms. The number of piperidine rings is 1. The van der Waals surface area contributed by atoms with Gasteiger partial charge in [0.05, 0.1) is 29.5 Å². The number of fused-ring (bicyclic) bond motifs is 1. The number of para-hydroxylation sites is 1. The van der Waals surface area contributed by atoms with Crippen molar-refractivity contribution in [3.05, 3.63) is 29.3 Å². The first-order chi connectivity index (χ1) is 14.7. The number of benzene rings is 1. The van der Waals surface area contributed by atoms with Crippen molar-refractivity contribution in [3.63, 3.8) is 0 Å². The van der Waals surface area contributed by atoms with Gasteiger partial charge in [-0.2, -0.15) is 4.99 Å². The number of morpholine rings is 1. The van der Waals surface area contributed by atoms with Crippen LogP contribution in [-0.2, 0) is 9.53 Å². The summed E-state index contributed by atoms with van der Waals surface area (Å²) < 4.78 is 6.51. The van der Waals surface area contributed by atoms with Crippen LogP contribution in [0, 0.1) is 0 Å². The van der Waals surface area contributed by atoms with Gasteiger partial charge in [0.25, 0.3) is 0 Å². The number of nitrogens with one attached hydrogen (secondary N) is 2. The lowest BCUT2D eigenvalue weighted by atomic mass is 10.0. The van der Waals surface area contributed by atoms with Crippen molar-refractivity contribution in [2.24, 2.45) is 9.98 Å². The molecular weight excluding hydrogens is 400 g/mol. The molecule has 2 fully saturated rings. The number of ether oxygens (including phenoxy) is 1. The Morgan fingerprint density at radius 3 is 2.83 bits per heavy atom. The van der Waals surface area contributed by atoms with Crippen molar-refractivity contribution in [2.45, 2.75) is 37.8 Å². The van der Waals surface area contributed by atoms with Crippen LogP contribution >= 0.6 is 11.3 Å². The molecule has 1 unspecified atom stereocenters. The minimum atomic E-state index is -0.577. The summed E-state index contributed by atoms with van der Waals surface area (Å²) in [6, 6.07) is 8.58. The number of aliphatic imine (C=N–C) groups is 2. The topological polar surface area (TPSA) is 91.2 Å². The molecule has 5 rings (SSSR count). The summed E-state index contributed by atoms with van der Waals surface area (Å²) in [5.41, 5.74) is 0.903. The number of guanidine groups is 1. The van der Waals surface area contributed by atoms with Crippen LogP contribution in [-0.4, -0.2) is 72.5 Å². The summed E-state index contributed by atoms with van der Waals surface area (Å²) in [6.45, 7) is 5.68. The fraction of sp³-hybridized carbons (Fsp3) is 0.524. The quantitative estimate of drug-likeness (QED) is 0.763. The monoisotopic (exact) mass is 426 g/mol. The zero-order chi connectivity index (χ0) is 20.5. The van der Waals surface area contributed by atoms with Gasteiger partial charge in [0.15, 0.2) is 0 Å². The first-order valence-corrected chi connectivity index (χ1v) is 11.4. The van der Waals surface area contributed by atoms with Crippen molar-refractivity contribution >= 4 is 39.3 Å². The molecule has 1 aromatic heterocycles. The van der Waals surface area contributed by atoms with Crippen molar-refractivity contribution in [2.75, 3.05) is 32.8 Å². The van der Waals surface area contributed by atoms with Gasteiger partial charge in [-0.25, -0.2) is 4.98 Å². The van der Waals surface area contributed by atoms with Crippen LogP contribution in [0.1, 0.15) is 30.7 Å². The van der Waals surface area contributed by atoms with Crippen LogP contribution in [0.2, 0.25) is 0 Å². The van der Waals surface area contributed by atoms with Crippen LogP contribution in [0.25, 0.3) is 10.2 Å². The maximum absolute atomic E-state index is 13.2. The van der Waals surface area contributed by atoms with E-state index >= 15 is 0 Å². The Kier molecular flexibility index (Phi) is 5.49. The Hall–Kier alpha value is -2.36. The van der Waals surface area contributed by atoms with Crippen LogP contribution in [0.5, 0.6) is 0 Å². The number of nitrogens with zero attached hydrogens (tertiary/aromatic N) is 4. The molecule has 158 valence electrons. The van der Waals surface area contributed by atoms with Crippen LogP contribution in [0.4, 0.5) is 0 Å². The highest BCUT2D eigenvalue weighted by molar-refractivity contribution is 7.18. The lowest BCUT2D eigenvalue weighted by Gasteiger charge is -2.33. The molecular formula is C21H26N6O2S. The second-order valence-corrected chi connectivity index (χ2v) is 9.07. The van der Waals surface area contributed by atoms with E-state index in [1.54, 1.807) is 0 Å². The first-order valence-electron chi connectivity index (χ1n) is 10.6. The molecule has 0 bridgehead atoms. The van der Waals surface area contributed by atoms with E-state index in [0.717, 1.165) is 34.6 Å². The summed E-state index contributed by atoms with van der Waals surface area (Å²) in [6.07, 6.45) is 2.06. The average molecular weight is 427 g/mol. The molecule has 0 saturated carbocycles. The van der Waals surface area contributed by atoms with E-state index in [9.17, 15) is 4.79 Å². The van der Waals surface area contributed by atoms with Crippen molar-refractivity contribution in [3.8, 4) is 0 Å². The second kappa shape index (κ2) is 8.41. The van der Waals surface area contributed by atoms with E-state index in [1.807, 2.05) is 24.3 Å². The average Bonchev–Trinajstić information content (AvgIpc) is 3.19. The maximum atomic E-state index is 13.2. The highest BCUT2D eigenvalue weighted by Crippen LogP contribution is 2.31. The maximum Gasteiger partial charge on any atom is 0.244 e. The largest absolute Gasteiger partial charge is 0.378 e. The Labute approximate surface area is 179 Å². The molecule has 3 aliphatic heterocycles. The molecule has 3 aliphatic rings. The van der Waals surface area contributed by atoms with Crippen molar-refractivity contribution in [1.82, 2.24) is 20.5 Å². The van der Waals surface area contributed by atoms with Gasteiger partial charge in [-0.05, 0) is 31.9 Å². The number of thiazole rings is 1. The number of amidine groups is 1. The van der Waals surface area contributed by atoms with Gasteiger partial charge in [-0.3, -0.25) is 15.1 Å². The SMILES string of the molecule is C[C@@H]1CC[C@@H](N=C2N=C(N3CCOCC3)NC(=O)C2c2nc3ccccc3s2)CN1. The van der Waals surface area contributed by atoms with Crippen LogP contribution in [0.3, 0.4) is 0 Å². The molecule has 3 atom stereocenters. The third kappa shape index (κ3) is 3.97. The highest BCUT2D eigenvalue weighted by Gasteiger charge is 2.36. The number of rotatable bonds is 2. The van der Waals surface area contributed by atoms with Gasteiger partial charge in [-0.15, -0.1) is 11.3 Å². The molecule has 0 aliphatic carbocycles. The van der Waals surface area contributed by atoms with Gasteiger partial charge >= 0.3 is 0 Å². The summed E-state index contributed by atoms with van der Waals surface area (Å²) in [5.74, 6) is 0.463. The summed E-state index contributed by atoms with van der Waals surface area (Å²) in [5, 5.41) is 7.24. The predicted molar refractivity (Wildman–Crippen MR) is 118 cm³/mol. The van der Waals surface area contributed by atoms with Crippen molar-refractivity contribution in [1.29, 1.82) is 0 Å². The molecule has 0 radical (unpaired) electrons. The number of amides is 1. The predicted octanol–water partition coefficient (Wildman–Crippen LogP) is 1.74. The lowest BCUT2D eigenvalue weighted by Crippen LogP contribution is -2.54. The summed E-state index contributed by atoms with van der Waals surface area (Å²) in [7, 11) is 0. The number of carbonyl (C=O) groups excluding carboxylic acids is 1. The fourth-order valence-corrected chi connectivity index (χ4v) is 5.11. The third-order valence-electron chi connectivity index (χ3n) is 5.79. The molecule has 1 amide bonds. The van der Waals surface area contributed by atoms with Crippen LogP contribution < -0.4 is 10.6 Å². The van der Waals surface area contributed by atoms with E-state index in [2.05, 4.69) is 22.5 Å². The van der Waals surface area contributed by atoms with Crippen molar-refractivity contribution < 1.29 is 9.53 Å². The Bertz CT molecular complexity index is 955. The molecule has 9 heteroatoms. The number of carbonyl (C=O) groups is 1. The smallest absolute Gasteiger partial charge is 0.244 e. The number of hydrogen-bond acceptors (Lipinski definition) is 7. The molecule has 2 aromatic rings. The summed E-state index contributed by atoms with van der Waals surface area (Å²) >= 11 is 1.54. The third-order valence-corrected chi connectivity index (χ3v) is 6.89. The zero-order valence-electron chi connectivity index (χ0n) is 17.0. The van der Waals surface area contributed by atoms with E-state index < -0.39 is 5.92 Å². The lowest BCUT2D eigenvalue weighted by molar-refractivity contribution is -0.120. The molecule has 1 aromatic carbocycles. The van der Waals surface area contributed by atoms with Gasteiger partial charge < -0.3 is 15.0 Å². The zero-order valence-corrected chi connectivity index (χ0v) is 17.8. The van der Waals surface area contributed by atoms with E-state index in [-0.39, 0.29) is 11.9 Å². The fourth-order valence-electron chi connectivity index (χ4n) is 4.05. The first kappa shape index (κ1) is 19.6. The van der Waals surface area contributed by atoms with Gasteiger partial charge in [0.2, 0.25) is 11.9 Å². The highest BCUT2D eigenvalue weighted by atomic mass is 32.1.